The van der Waals surface area contributed by atoms with Crippen LogP contribution < -0.4 is 9.47 Å². The summed E-state index contributed by atoms with van der Waals surface area (Å²) in [4.78, 5) is 31.4. The fraction of sp³-hybridized carbons (Fsp3) is 0.370. The zero-order valence-corrected chi connectivity index (χ0v) is 21.3. The molecule has 1 heterocycles. The minimum Gasteiger partial charge on any atom is -0.493 e. The molecule has 7 heteroatoms. The van der Waals surface area contributed by atoms with Crippen molar-refractivity contribution in [2.45, 2.75) is 38.5 Å². The van der Waals surface area contributed by atoms with Crippen molar-refractivity contribution < 1.29 is 23.8 Å². The van der Waals surface area contributed by atoms with E-state index in [-0.39, 0.29) is 24.3 Å². The van der Waals surface area contributed by atoms with Crippen LogP contribution in [0.5, 0.6) is 11.5 Å². The van der Waals surface area contributed by atoms with Crippen molar-refractivity contribution in [3.8, 4) is 11.5 Å². The van der Waals surface area contributed by atoms with Crippen LogP contribution >= 0.6 is 15.9 Å². The van der Waals surface area contributed by atoms with Gasteiger partial charge in [0.15, 0.2) is 17.3 Å². The molecule has 0 N–H and O–H groups in total. The van der Waals surface area contributed by atoms with Crippen LogP contribution in [0.1, 0.15) is 49.7 Å². The van der Waals surface area contributed by atoms with Crippen molar-refractivity contribution in [1.29, 1.82) is 0 Å². The van der Waals surface area contributed by atoms with Gasteiger partial charge in [-0.3, -0.25) is 14.6 Å². The van der Waals surface area contributed by atoms with E-state index in [4.69, 9.17) is 19.2 Å². The number of nitrogens with zero attached hydrogens (tertiary/aromatic N) is 1. The monoisotopic (exact) mass is 525 g/mol. The minimum absolute atomic E-state index is 0.0134. The summed E-state index contributed by atoms with van der Waals surface area (Å²) in [5, 5.41) is 0. The highest BCUT2D eigenvalue weighted by Gasteiger charge is 2.44. The number of ether oxygens (including phenoxy) is 3. The predicted octanol–water partition coefficient (Wildman–Crippen LogP) is 5.60. The van der Waals surface area contributed by atoms with Crippen molar-refractivity contribution in [1.82, 2.24) is 0 Å². The molecule has 0 radical (unpaired) electrons. The zero-order valence-electron chi connectivity index (χ0n) is 19.8. The van der Waals surface area contributed by atoms with Crippen LogP contribution in [0.2, 0.25) is 0 Å². The Kier molecular flexibility index (Phi) is 7.22. The fourth-order valence-electron chi connectivity index (χ4n) is 4.97. The number of ketones is 1. The highest BCUT2D eigenvalue weighted by molar-refractivity contribution is 9.10. The Hall–Kier alpha value is -2.93. The lowest BCUT2D eigenvalue weighted by molar-refractivity contribution is -0.146. The van der Waals surface area contributed by atoms with Gasteiger partial charge in [0.1, 0.15) is 5.92 Å². The lowest BCUT2D eigenvalue weighted by atomic mass is 9.69. The topological polar surface area (TPSA) is 74.2 Å². The molecule has 2 aromatic carbocycles. The average Bonchev–Trinajstić information content (AvgIpc) is 2.83. The summed E-state index contributed by atoms with van der Waals surface area (Å²) in [6.45, 7) is 3.91. The van der Waals surface area contributed by atoms with E-state index in [9.17, 15) is 9.59 Å². The SMILES string of the molecule is CCOC(=O)C1C(C)=NC2=C(C(=O)C[C@H](c3ccc(OC)c(OC)c3)C2)[C@H]1c1ccc(Br)cc1. The molecule has 178 valence electrons. The molecular weight excluding hydrogens is 498 g/mol. The molecule has 1 aliphatic heterocycles. The van der Waals surface area contributed by atoms with Crippen molar-refractivity contribution in [2.75, 3.05) is 20.8 Å². The maximum atomic E-state index is 13.6. The molecule has 0 amide bonds. The third-order valence-corrected chi connectivity index (χ3v) is 7.07. The number of esters is 1. The Balaban J connectivity index is 1.77. The Bertz CT molecular complexity index is 1170. The number of Topliss-reactive ketones (excluding diaryl/α,β-unsaturated/α-hetero) is 1. The van der Waals surface area contributed by atoms with Gasteiger partial charge in [0.25, 0.3) is 0 Å². The molecule has 2 aliphatic rings. The molecule has 6 nitrogen and oxygen atoms in total. The number of rotatable bonds is 6. The molecule has 0 aromatic heterocycles. The highest BCUT2D eigenvalue weighted by Crippen LogP contribution is 2.47. The van der Waals surface area contributed by atoms with Crippen LogP contribution in [-0.2, 0) is 14.3 Å². The van der Waals surface area contributed by atoms with E-state index >= 15 is 0 Å². The summed E-state index contributed by atoms with van der Waals surface area (Å²) < 4.78 is 17.1. The van der Waals surface area contributed by atoms with Crippen LogP contribution in [0.3, 0.4) is 0 Å². The second-order valence-corrected chi connectivity index (χ2v) is 9.43. The largest absolute Gasteiger partial charge is 0.493 e. The smallest absolute Gasteiger partial charge is 0.315 e. The molecule has 4 rings (SSSR count). The summed E-state index contributed by atoms with van der Waals surface area (Å²) >= 11 is 3.47. The molecule has 34 heavy (non-hydrogen) atoms. The second kappa shape index (κ2) is 10.1. The molecule has 1 unspecified atom stereocenters. The van der Waals surface area contributed by atoms with E-state index in [0.717, 1.165) is 21.3 Å². The van der Waals surface area contributed by atoms with Crippen molar-refractivity contribution in [3.05, 3.63) is 69.3 Å². The fourth-order valence-corrected chi connectivity index (χ4v) is 5.23. The number of hydrogen-bond acceptors (Lipinski definition) is 6. The van der Waals surface area contributed by atoms with Gasteiger partial charge in [-0.15, -0.1) is 0 Å². The van der Waals surface area contributed by atoms with E-state index in [0.29, 0.717) is 35.6 Å². The molecule has 0 fully saturated rings. The molecule has 0 saturated carbocycles. The van der Waals surface area contributed by atoms with Crippen LogP contribution in [0.4, 0.5) is 0 Å². The Morgan fingerprint density at radius 1 is 1.03 bits per heavy atom. The van der Waals surface area contributed by atoms with Gasteiger partial charge in [-0.2, -0.15) is 0 Å². The van der Waals surface area contributed by atoms with Gasteiger partial charge in [0, 0.05) is 33.8 Å². The number of benzene rings is 2. The Morgan fingerprint density at radius 2 is 1.71 bits per heavy atom. The summed E-state index contributed by atoms with van der Waals surface area (Å²) in [6.07, 6.45) is 0.946. The van der Waals surface area contributed by atoms with Crippen LogP contribution in [0.25, 0.3) is 0 Å². The van der Waals surface area contributed by atoms with Gasteiger partial charge in [-0.05, 0) is 61.6 Å². The first-order valence-electron chi connectivity index (χ1n) is 11.3. The number of allylic oxidation sites excluding steroid dienone is 2. The van der Waals surface area contributed by atoms with Gasteiger partial charge in [-0.25, -0.2) is 0 Å². The number of carbonyl (C=O) groups excluding carboxylic acids is 2. The third-order valence-electron chi connectivity index (χ3n) is 6.54. The van der Waals surface area contributed by atoms with Crippen LogP contribution in [0, 0.1) is 5.92 Å². The average molecular weight is 526 g/mol. The maximum Gasteiger partial charge on any atom is 0.315 e. The van der Waals surface area contributed by atoms with E-state index in [2.05, 4.69) is 15.9 Å². The van der Waals surface area contributed by atoms with E-state index in [1.54, 1.807) is 21.1 Å². The summed E-state index contributed by atoms with van der Waals surface area (Å²) in [5.74, 6) is -0.136. The van der Waals surface area contributed by atoms with Gasteiger partial charge in [0.05, 0.1) is 20.8 Å². The molecule has 2 aromatic rings. The molecule has 3 atom stereocenters. The molecule has 0 bridgehead atoms. The zero-order chi connectivity index (χ0) is 24.4. The highest BCUT2D eigenvalue weighted by atomic mass is 79.9. The van der Waals surface area contributed by atoms with E-state index in [1.807, 2.05) is 49.4 Å². The minimum atomic E-state index is -0.624. The maximum absolute atomic E-state index is 13.6. The summed E-state index contributed by atoms with van der Waals surface area (Å²) in [6, 6.07) is 13.5. The van der Waals surface area contributed by atoms with Crippen molar-refractivity contribution >= 4 is 33.4 Å². The van der Waals surface area contributed by atoms with E-state index in [1.165, 1.54) is 0 Å². The molecule has 0 saturated heterocycles. The van der Waals surface area contributed by atoms with Gasteiger partial charge >= 0.3 is 5.97 Å². The van der Waals surface area contributed by atoms with Gasteiger partial charge < -0.3 is 14.2 Å². The second-order valence-electron chi connectivity index (χ2n) is 8.52. The van der Waals surface area contributed by atoms with Crippen molar-refractivity contribution in [2.24, 2.45) is 10.9 Å². The number of carbonyl (C=O) groups is 2. The van der Waals surface area contributed by atoms with Crippen LogP contribution in [-0.4, -0.2) is 38.3 Å². The normalized spacial score (nSPS) is 22.1. The third kappa shape index (κ3) is 4.53. The van der Waals surface area contributed by atoms with Gasteiger partial charge in [0.2, 0.25) is 0 Å². The lowest BCUT2D eigenvalue weighted by Gasteiger charge is -2.36. The van der Waals surface area contributed by atoms with Gasteiger partial charge in [-0.1, -0.05) is 34.1 Å². The first-order chi connectivity index (χ1) is 16.4. The van der Waals surface area contributed by atoms with E-state index < -0.39 is 11.8 Å². The predicted molar refractivity (Wildman–Crippen MR) is 134 cm³/mol. The first-order valence-corrected chi connectivity index (χ1v) is 12.1. The molecular formula is C27H28BrNO5. The summed E-state index contributed by atoms with van der Waals surface area (Å²) in [5.41, 5.74) is 3.95. The number of methoxy groups -OCH3 is 2. The Morgan fingerprint density at radius 3 is 2.35 bits per heavy atom. The molecule has 1 aliphatic carbocycles. The molecule has 0 spiro atoms. The number of halogens is 1. The number of aliphatic imine (C=N–C) groups is 1. The lowest BCUT2D eigenvalue weighted by Crippen LogP contribution is -2.38. The number of hydrogen-bond donors (Lipinski definition) is 0. The van der Waals surface area contributed by atoms with Crippen molar-refractivity contribution in [3.63, 3.8) is 0 Å². The first kappa shape index (κ1) is 24.2. The standard InChI is InChI=1S/C27H28BrNO5/c1-5-34-27(31)24-15(2)29-20-12-18(17-8-11-22(32-3)23(14-17)33-4)13-21(30)26(20)25(24)16-6-9-19(28)10-7-16/h6-11,14,18,24-25H,5,12-13H2,1-4H3/t18-,24?,25+/m1/s1. The Labute approximate surface area is 208 Å². The quantitative estimate of drug-likeness (QED) is 0.458. The van der Waals surface area contributed by atoms with Crippen LogP contribution in [0.15, 0.2) is 63.2 Å². The summed E-state index contributed by atoms with van der Waals surface area (Å²) in [7, 11) is 3.20.